The fourth-order valence-electron chi connectivity index (χ4n) is 2.71. The fraction of sp³-hybridized carbons (Fsp3) is 0.222. The molecule has 6 heteroatoms. The van der Waals surface area contributed by atoms with E-state index in [0.29, 0.717) is 31.0 Å². The maximum atomic E-state index is 12.1. The highest BCUT2D eigenvalue weighted by atomic mass is 16.5. The van der Waals surface area contributed by atoms with E-state index in [9.17, 15) is 9.90 Å². The average Bonchev–Trinajstić information content (AvgIpc) is 3.00. The zero-order valence-electron chi connectivity index (χ0n) is 13.0. The van der Waals surface area contributed by atoms with Crippen LogP contribution in [0.2, 0.25) is 0 Å². The predicted molar refractivity (Wildman–Crippen MR) is 87.9 cm³/mol. The lowest BCUT2D eigenvalue weighted by Crippen LogP contribution is -2.53. The standard InChI is InChI=1S/C18H17N3O3/c22-15-10-21(11-15)18(23)13-4-6-16(7-5-13)24-12-14-9-20-8-2-1-3-17(20)19-14/h1-9,15,22H,10-12H2. The van der Waals surface area contributed by atoms with Crippen LogP contribution >= 0.6 is 0 Å². The number of aliphatic hydroxyl groups is 1. The van der Waals surface area contributed by atoms with Crippen molar-refractivity contribution in [2.45, 2.75) is 12.7 Å². The Kier molecular flexibility index (Phi) is 3.66. The molecule has 2 aromatic heterocycles. The number of hydrogen-bond acceptors (Lipinski definition) is 4. The first-order valence-electron chi connectivity index (χ1n) is 7.82. The number of aromatic nitrogens is 2. The number of aliphatic hydroxyl groups excluding tert-OH is 1. The number of nitrogens with zero attached hydrogens (tertiary/aromatic N) is 3. The number of hydrogen-bond donors (Lipinski definition) is 1. The summed E-state index contributed by atoms with van der Waals surface area (Å²) in [4.78, 5) is 18.2. The van der Waals surface area contributed by atoms with Gasteiger partial charge in [0.15, 0.2) is 0 Å². The van der Waals surface area contributed by atoms with Gasteiger partial charge in [0.1, 0.15) is 18.0 Å². The monoisotopic (exact) mass is 323 g/mol. The van der Waals surface area contributed by atoms with Crippen molar-refractivity contribution >= 4 is 11.6 Å². The maximum absolute atomic E-state index is 12.1. The minimum absolute atomic E-state index is 0.0628. The molecule has 1 aliphatic heterocycles. The number of rotatable bonds is 4. The van der Waals surface area contributed by atoms with Gasteiger partial charge in [-0.05, 0) is 36.4 Å². The summed E-state index contributed by atoms with van der Waals surface area (Å²) in [6.45, 7) is 1.18. The Labute approximate surface area is 138 Å². The summed E-state index contributed by atoms with van der Waals surface area (Å²) in [6, 6.07) is 12.9. The molecule has 1 aliphatic rings. The molecule has 0 spiro atoms. The number of ether oxygens (including phenoxy) is 1. The molecular weight excluding hydrogens is 306 g/mol. The lowest BCUT2D eigenvalue weighted by Gasteiger charge is -2.35. The Morgan fingerprint density at radius 2 is 2.00 bits per heavy atom. The van der Waals surface area contributed by atoms with E-state index in [1.807, 2.05) is 35.0 Å². The van der Waals surface area contributed by atoms with Crippen molar-refractivity contribution in [3.05, 3.63) is 66.1 Å². The van der Waals surface area contributed by atoms with Gasteiger partial charge in [-0.1, -0.05) is 6.07 Å². The molecule has 1 fully saturated rings. The third kappa shape index (κ3) is 2.83. The Hall–Kier alpha value is -2.86. The summed E-state index contributed by atoms with van der Waals surface area (Å²) >= 11 is 0. The van der Waals surface area contributed by atoms with Gasteiger partial charge in [-0.2, -0.15) is 0 Å². The molecule has 122 valence electrons. The van der Waals surface area contributed by atoms with Crippen LogP contribution in [0, 0.1) is 0 Å². The molecule has 3 heterocycles. The molecular formula is C18H17N3O3. The molecule has 1 N–H and O–H groups in total. The van der Waals surface area contributed by atoms with Crippen LogP contribution in [0.3, 0.4) is 0 Å². The predicted octanol–water partition coefficient (Wildman–Crippen LogP) is 1.73. The van der Waals surface area contributed by atoms with E-state index in [0.717, 1.165) is 11.3 Å². The van der Waals surface area contributed by atoms with Crippen LogP contribution in [0.5, 0.6) is 5.75 Å². The minimum atomic E-state index is -0.387. The molecule has 1 saturated heterocycles. The van der Waals surface area contributed by atoms with Gasteiger partial charge in [0.2, 0.25) is 0 Å². The van der Waals surface area contributed by atoms with Crippen LogP contribution in [-0.2, 0) is 6.61 Å². The maximum Gasteiger partial charge on any atom is 0.254 e. The first kappa shape index (κ1) is 14.7. The van der Waals surface area contributed by atoms with E-state index < -0.39 is 0 Å². The zero-order chi connectivity index (χ0) is 16.5. The summed E-state index contributed by atoms with van der Waals surface area (Å²) in [7, 11) is 0. The second kappa shape index (κ2) is 5.98. The van der Waals surface area contributed by atoms with Crippen LogP contribution in [0.4, 0.5) is 0 Å². The lowest BCUT2D eigenvalue weighted by molar-refractivity contribution is 0.00589. The number of imidazole rings is 1. The number of likely N-dealkylation sites (tertiary alicyclic amines) is 1. The summed E-state index contributed by atoms with van der Waals surface area (Å²) in [5.74, 6) is 0.624. The third-order valence-electron chi connectivity index (χ3n) is 4.05. The largest absolute Gasteiger partial charge is 0.487 e. The molecule has 0 atom stereocenters. The van der Waals surface area contributed by atoms with Crippen molar-refractivity contribution in [3.63, 3.8) is 0 Å². The topological polar surface area (TPSA) is 67.1 Å². The SMILES string of the molecule is O=C(c1ccc(OCc2cn3ccccc3n2)cc1)N1CC(O)C1. The zero-order valence-corrected chi connectivity index (χ0v) is 13.0. The normalized spacial score (nSPS) is 14.6. The Morgan fingerprint density at radius 1 is 1.21 bits per heavy atom. The molecule has 3 aromatic rings. The highest BCUT2D eigenvalue weighted by molar-refractivity contribution is 5.94. The van der Waals surface area contributed by atoms with Crippen LogP contribution in [0.1, 0.15) is 16.1 Å². The number of pyridine rings is 1. The second-order valence-corrected chi connectivity index (χ2v) is 5.88. The average molecular weight is 323 g/mol. The van der Waals surface area contributed by atoms with Gasteiger partial charge in [0.25, 0.3) is 5.91 Å². The van der Waals surface area contributed by atoms with Crippen LogP contribution in [-0.4, -0.2) is 44.5 Å². The number of benzene rings is 1. The highest BCUT2D eigenvalue weighted by Crippen LogP contribution is 2.18. The molecule has 4 rings (SSSR count). The quantitative estimate of drug-likeness (QED) is 0.794. The smallest absolute Gasteiger partial charge is 0.254 e. The van der Waals surface area contributed by atoms with Gasteiger partial charge >= 0.3 is 0 Å². The minimum Gasteiger partial charge on any atom is -0.487 e. The number of β-amino-alcohol motifs (C(OH)–C–C–N with tert-alkyl or cyclic N) is 1. The van der Waals surface area contributed by atoms with Crippen molar-refractivity contribution in [2.75, 3.05) is 13.1 Å². The van der Waals surface area contributed by atoms with Gasteiger partial charge in [-0.25, -0.2) is 4.98 Å². The lowest BCUT2D eigenvalue weighted by atomic mass is 10.1. The first-order chi connectivity index (χ1) is 11.7. The number of carbonyl (C=O) groups excluding carboxylic acids is 1. The van der Waals surface area contributed by atoms with Crippen molar-refractivity contribution in [2.24, 2.45) is 0 Å². The van der Waals surface area contributed by atoms with Gasteiger partial charge < -0.3 is 19.1 Å². The summed E-state index contributed by atoms with van der Waals surface area (Å²) in [6.07, 6.45) is 3.49. The molecule has 0 unspecified atom stereocenters. The van der Waals surface area contributed by atoms with Crippen LogP contribution < -0.4 is 4.74 Å². The van der Waals surface area contributed by atoms with Gasteiger partial charge in [0, 0.05) is 31.0 Å². The van der Waals surface area contributed by atoms with E-state index >= 15 is 0 Å². The van der Waals surface area contributed by atoms with E-state index in [1.54, 1.807) is 29.2 Å². The molecule has 0 saturated carbocycles. The first-order valence-corrected chi connectivity index (χ1v) is 7.82. The highest BCUT2D eigenvalue weighted by Gasteiger charge is 2.29. The van der Waals surface area contributed by atoms with Gasteiger partial charge in [-0.15, -0.1) is 0 Å². The van der Waals surface area contributed by atoms with Crippen molar-refractivity contribution in [1.29, 1.82) is 0 Å². The Bertz CT molecular complexity index is 834. The van der Waals surface area contributed by atoms with E-state index in [-0.39, 0.29) is 12.0 Å². The molecule has 0 bridgehead atoms. The van der Waals surface area contributed by atoms with Crippen molar-refractivity contribution < 1.29 is 14.6 Å². The number of fused-ring (bicyclic) bond motifs is 1. The molecule has 6 nitrogen and oxygen atoms in total. The van der Waals surface area contributed by atoms with Crippen LogP contribution in [0.25, 0.3) is 5.65 Å². The number of carbonyl (C=O) groups is 1. The Balaban J connectivity index is 1.39. The summed E-state index contributed by atoms with van der Waals surface area (Å²) < 4.78 is 7.68. The van der Waals surface area contributed by atoms with Crippen molar-refractivity contribution in [3.8, 4) is 5.75 Å². The molecule has 0 radical (unpaired) electrons. The van der Waals surface area contributed by atoms with E-state index in [2.05, 4.69) is 4.98 Å². The fourth-order valence-corrected chi connectivity index (χ4v) is 2.71. The van der Waals surface area contributed by atoms with Crippen LogP contribution in [0.15, 0.2) is 54.9 Å². The summed E-state index contributed by atoms with van der Waals surface area (Å²) in [5.41, 5.74) is 2.33. The molecule has 1 amide bonds. The van der Waals surface area contributed by atoms with Gasteiger partial charge in [0.05, 0.1) is 11.8 Å². The molecule has 0 aliphatic carbocycles. The van der Waals surface area contributed by atoms with E-state index in [1.165, 1.54) is 0 Å². The summed E-state index contributed by atoms with van der Waals surface area (Å²) in [5, 5.41) is 9.27. The second-order valence-electron chi connectivity index (χ2n) is 5.88. The molecule has 24 heavy (non-hydrogen) atoms. The van der Waals surface area contributed by atoms with E-state index in [4.69, 9.17) is 4.74 Å². The molecule has 1 aromatic carbocycles. The Morgan fingerprint density at radius 3 is 2.71 bits per heavy atom. The number of amides is 1. The van der Waals surface area contributed by atoms with Gasteiger partial charge in [-0.3, -0.25) is 4.79 Å². The van der Waals surface area contributed by atoms with Crippen molar-refractivity contribution in [1.82, 2.24) is 14.3 Å². The third-order valence-corrected chi connectivity index (χ3v) is 4.05.